The molecule has 2 aliphatic rings. The van der Waals surface area contributed by atoms with Crippen LogP contribution in [-0.2, 0) is 6.42 Å². The van der Waals surface area contributed by atoms with Gasteiger partial charge in [0, 0.05) is 36.1 Å². The first kappa shape index (κ1) is 13.8. The third-order valence-corrected chi connectivity index (χ3v) is 4.48. The summed E-state index contributed by atoms with van der Waals surface area (Å²) in [4.78, 5) is 6.77. The van der Waals surface area contributed by atoms with E-state index in [-0.39, 0.29) is 0 Å². The van der Waals surface area contributed by atoms with Gasteiger partial charge in [-0.1, -0.05) is 30.3 Å². The largest absolute Gasteiger partial charge is 0.341 e. The molecule has 0 radical (unpaired) electrons. The molecule has 112 valence electrons. The van der Waals surface area contributed by atoms with E-state index in [0.29, 0.717) is 6.42 Å². The van der Waals surface area contributed by atoms with Crippen molar-refractivity contribution in [2.75, 3.05) is 11.4 Å². The maximum Gasteiger partial charge on any atom is 0.0973 e. The van der Waals surface area contributed by atoms with Crippen LogP contribution in [0.25, 0.3) is 5.70 Å². The number of anilines is 2. The Morgan fingerprint density at radius 1 is 1.09 bits per heavy atom. The minimum Gasteiger partial charge on any atom is -0.341 e. The molecule has 0 amide bonds. The van der Waals surface area contributed by atoms with Crippen LogP contribution in [-0.4, -0.2) is 12.8 Å². The number of para-hydroxylation sites is 1. The topological polar surface area (TPSA) is 39.4 Å². The Morgan fingerprint density at radius 3 is 2.91 bits per heavy atom. The maximum absolute atomic E-state index is 9.25. The summed E-state index contributed by atoms with van der Waals surface area (Å²) < 4.78 is 0. The highest BCUT2D eigenvalue weighted by molar-refractivity contribution is 5.87. The van der Waals surface area contributed by atoms with E-state index in [4.69, 9.17) is 0 Å². The van der Waals surface area contributed by atoms with Gasteiger partial charge in [-0.25, -0.2) is 0 Å². The Labute approximate surface area is 136 Å². The molecular formula is C20H17N3. The number of fused-ring (bicyclic) bond motifs is 1. The van der Waals surface area contributed by atoms with Crippen LogP contribution < -0.4 is 4.90 Å². The summed E-state index contributed by atoms with van der Waals surface area (Å²) in [5.74, 6) is 0. The van der Waals surface area contributed by atoms with Gasteiger partial charge >= 0.3 is 0 Å². The number of allylic oxidation sites excluding steroid dienone is 1. The van der Waals surface area contributed by atoms with Gasteiger partial charge in [0.2, 0.25) is 0 Å². The fourth-order valence-corrected chi connectivity index (χ4v) is 3.37. The molecule has 0 aliphatic carbocycles. The second kappa shape index (κ2) is 5.73. The minimum atomic E-state index is 0.641. The molecule has 0 saturated heterocycles. The summed E-state index contributed by atoms with van der Waals surface area (Å²) in [6, 6.07) is 19.2. The number of benzene rings is 2. The van der Waals surface area contributed by atoms with E-state index in [1.807, 2.05) is 12.3 Å². The Bertz CT molecular complexity index is 855. The third kappa shape index (κ3) is 2.43. The van der Waals surface area contributed by atoms with E-state index in [1.54, 1.807) is 0 Å². The molecule has 2 aromatic carbocycles. The summed E-state index contributed by atoms with van der Waals surface area (Å²) in [6.07, 6.45) is 4.76. The van der Waals surface area contributed by atoms with Crippen molar-refractivity contribution in [2.45, 2.75) is 19.3 Å². The van der Waals surface area contributed by atoms with Gasteiger partial charge in [-0.15, -0.1) is 0 Å². The fourth-order valence-electron chi connectivity index (χ4n) is 3.37. The van der Waals surface area contributed by atoms with E-state index in [0.717, 1.165) is 36.2 Å². The van der Waals surface area contributed by atoms with Crippen molar-refractivity contribution < 1.29 is 0 Å². The Morgan fingerprint density at radius 2 is 2.00 bits per heavy atom. The molecule has 0 N–H and O–H groups in total. The van der Waals surface area contributed by atoms with Crippen molar-refractivity contribution in [3.05, 3.63) is 65.2 Å². The van der Waals surface area contributed by atoms with Gasteiger partial charge in [-0.05, 0) is 36.6 Å². The molecule has 0 aromatic heterocycles. The molecule has 0 unspecified atom stereocenters. The number of rotatable bonds is 2. The van der Waals surface area contributed by atoms with Crippen LogP contribution in [0.5, 0.6) is 0 Å². The second-order valence-corrected chi connectivity index (χ2v) is 5.89. The van der Waals surface area contributed by atoms with E-state index in [9.17, 15) is 5.26 Å². The highest BCUT2D eigenvalue weighted by atomic mass is 15.1. The van der Waals surface area contributed by atoms with Crippen molar-refractivity contribution in [2.24, 2.45) is 4.99 Å². The molecule has 2 aromatic rings. The molecular weight excluding hydrogens is 282 g/mol. The number of aliphatic imine (C=N–C) groups is 1. The first-order chi connectivity index (χ1) is 11.4. The molecule has 0 fully saturated rings. The number of aryl methyl sites for hydroxylation is 1. The van der Waals surface area contributed by atoms with E-state index < -0.39 is 0 Å². The molecule has 0 atom stereocenters. The standard InChI is InChI=1S/C20H17N3/c21-14-17-10-11-22-20(17)16-6-3-8-18(13-16)23-12-4-7-15-5-1-2-9-19(15)23/h1-3,5-6,8-9,11,13H,4,7,10,12H2. The van der Waals surface area contributed by atoms with Gasteiger partial charge in [-0.3, -0.25) is 4.99 Å². The lowest BCUT2D eigenvalue weighted by molar-refractivity contribution is 0.767. The highest BCUT2D eigenvalue weighted by Gasteiger charge is 2.19. The van der Waals surface area contributed by atoms with Crippen molar-refractivity contribution in [3.63, 3.8) is 0 Å². The van der Waals surface area contributed by atoms with E-state index >= 15 is 0 Å². The zero-order valence-corrected chi connectivity index (χ0v) is 12.9. The van der Waals surface area contributed by atoms with Crippen LogP contribution in [0.3, 0.4) is 0 Å². The van der Waals surface area contributed by atoms with Crippen LogP contribution in [0, 0.1) is 11.3 Å². The number of hydrogen-bond donors (Lipinski definition) is 0. The Kier molecular flexibility index (Phi) is 3.44. The van der Waals surface area contributed by atoms with Crippen molar-refractivity contribution in [3.8, 4) is 6.07 Å². The predicted molar refractivity (Wildman–Crippen MR) is 93.9 cm³/mol. The molecule has 4 rings (SSSR count). The molecule has 2 heterocycles. The Balaban J connectivity index is 1.77. The monoisotopic (exact) mass is 299 g/mol. The van der Waals surface area contributed by atoms with Gasteiger partial charge < -0.3 is 4.90 Å². The maximum atomic E-state index is 9.25. The fraction of sp³-hybridized carbons (Fsp3) is 0.200. The van der Waals surface area contributed by atoms with Crippen molar-refractivity contribution in [1.82, 2.24) is 0 Å². The van der Waals surface area contributed by atoms with Gasteiger partial charge in [-0.2, -0.15) is 5.26 Å². The quantitative estimate of drug-likeness (QED) is 0.820. The van der Waals surface area contributed by atoms with E-state index in [1.165, 1.54) is 16.9 Å². The average Bonchev–Trinajstić information content (AvgIpc) is 3.10. The van der Waals surface area contributed by atoms with Crippen LogP contribution >= 0.6 is 0 Å². The minimum absolute atomic E-state index is 0.641. The van der Waals surface area contributed by atoms with E-state index in [2.05, 4.69) is 58.4 Å². The summed E-state index contributed by atoms with van der Waals surface area (Å²) in [6.45, 7) is 1.02. The number of nitrogens with zero attached hydrogens (tertiary/aromatic N) is 3. The lowest BCUT2D eigenvalue weighted by atomic mass is 10.00. The Hall–Kier alpha value is -2.86. The molecule has 3 nitrogen and oxygen atoms in total. The SMILES string of the molecule is N#CC1=C(c2cccc(N3CCCc4ccccc43)c2)N=CC1. The predicted octanol–water partition coefficient (Wildman–Crippen LogP) is 4.48. The average molecular weight is 299 g/mol. The molecule has 0 saturated carbocycles. The zero-order chi connectivity index (χ0) is 15.6. The number of hydrogen-bond acceptors (Lipinski definition) is 3. The summed E-state index contributed by atoms with van der Waals surface area (Å²) in [5, 5.41) is 9.25. The van der Waals surface area contributed by atoms with Gasteiger partial charge in [0.1, 0.15) is 0 Å². The molecule has 0 spiro atoms. The summed E-state index contributed by atoms with van der Waals surface area (Å²) >= 11 is 0. The van der Waals surface area contributed by atoms with Crippen LogP contribution in [0.15, 0.2) is 59.1 Å². The van der Waals surface area contributed by atoms with Crippen LogP contribution in [0.2, 0.25) is 0 Å². The van der Waals surface area contributed by atoms with Crippen molar-refractivity contribution in [1.29, 1.82) is 5.26 Å². The first-order valence-corrected chi connectivity index (χ1v) is 7.98. The normalized spacial score (nSPS) is 16.4. The van der Waals surface area contributed by atoms with Gasteiger partial charge in [0.05, 0.1) is 17.3 Å². The lowest BCUT2D eigenvalue weighted by Gasteiger charge is -2.31. The molecule has 0 bridgehead atoms. The second-order valence-electron chi connectivity index (χ2n) is 5.89. The third-order valence-electron chi connectivity index (χ3n) is 4.48. The van der Waals surface area contributed by atoms with Gasteiger partial charge in [0.25, 0.3) is 0 Å². The molecule has 23 heavy (non-hydrogen) atoms. The first-order valence-electron chi connectivity index (χ1n) is 7.98. The van der Waals surface area contributed by atoms with Crippen molar-refractivity contribution >= 4 is 23.3 Å². The van der Waals surface area contributed by atoms with Crippen LogP contribution in [0.4, 0.5) is 11.4 Å². The lowest BCUT2D eigenvalue weighted by Crippen LogP contribution is -2.24. The van der Waals surface area contributed by atoms with Gasteiger partial charge in [0.15, 0.2) is 0 Å². The molecule has 2 aliphatic heterocycles. The van der Waals surface area contributed by atoms with Crippen LogP contribution in [0.1, 0.15) is 24.0 Å². The summed E-state index contributed by atoms with van der Waals surface area (Å²) in [7, 11) is 0. The number of nitriles is 1. The summed E-state index contributed by atoms with van der Waals surface area (Å²) in [5.41, 5.74) is 6.46. The molecule has 3 heteroatoms. The zero-order valence-electron chi connectivity index (χ0n) is 12.9. The smallest absolute Gasteiger partial charge is 0.0973 e. The highest BCUT2D eigenvalue weighted by Crippen LogP contribution is 2.35.